The Bertz CT molecular complexity index is 236. The second-order valence-corrected chi connectivity index (χ2v) is 4.09. The molecule has 2 aliphatic rings. The topological polar surface area (TPSA) is 55.4 Å². The predicted molar refractivity (Wildman–Crippen MR) is 57.8 cm³/mol. The zero-order valence-electron chi connectivity index (χ0n) is 10.5. The van der Waals surface area contributed by atoms with Crippen molar-refractivity contribution in [1.82, 2.24) is 0 Å². The molecule has 0 N–H and O–H groups in total. The number of rotatable bonds is 3. The van der Waals surface area contributed by atoms with Crippen LogP contribution in [-0.2, 0) is 28.4 Å². The number of methoxy groups -OCH3 is 3. The van der Waals surface area contributed by atoms with Crippen LogP contribution in [0.4, 0.5) is 0 Å². The van der Waals surface area contributed by atoms with Crippen LogP contribution in [0.5, 0.6) is 0 Å². The fourth-order valence-electron chi connectivity index (χ4n) is 2.36. The van der Waals surface area contributed by atoms with Gasteiger partial charge < -0.3 is 28.4 Å². The average molecular weight is 248 g/mol. The summed E-state index contributed by atoms with van der Waals surface area (Å²) in [4.78, 5) is 0. The Morgan fingerprint density at radius 2 is 1.71 bits per heavy atom. The van der Waals surface area contributed by atoms with E-state index >= 15 is 0 Å². The minimum absolute atomic E-state index is 0.182. The summed E-state index contributed by atoms with van der Waals surface area (Å²) in [7, 11) is 4.84. The highest BCUT2D eigenvalue weighted by Crippen LogP contribution is 2.28. The monoisotopic (exact) mass is 248 g/mol. The van der Waals surface area contributed by atoms with Gasteiger partial charge in [-0.15, -0.1) is 0 Å². The molecular weight excluding hydrogens is 228 g/mol. The lowest BCUT2D eigenvalue weighted by Crippen LogP contribution is -2.60. The lowest BCUT2D eigenvalue weighted by atomic mass is 9.98. The smallest absolute Gasteiger partial charge is 0.186 e. The Kier molecular flexibility index (Phi) is 4.72. The molecule has 5 atom stereocenters. The third-order valence-corrected chi connectivity index (χ3v) is 3.19. The molecule has 2 saturated heterocycles. The Morgan fingerprint density at radius 3 is 2.35 bits per heavy atom. The molecule has 0 aromatic carbocycles. The van der Waals surface area contributed by atoms with E-state index < -0.39 is 6.29 Å². The molecule has 0 bridgehead atoms. The van der Waals surface area contributed by atoms with E-state index in [9.17, 15) is 0 Å². The SMILES string of the molecule is COC1OC2COCCOC2C(OC)C1OC. The summed E-state index contributed by atoms with van der Waals surface area (Å²) in [6.07, 6.45) is -1.34. The summed E-state index contributed by atoms with van der Waals surface area (Å²) in [5.41, 5.74) is 0. The van der Waals surface area contributed by atoms with Crippen LogP contribution in [0.15, 0.2) is 0 Å². The van der Waals surface area contributed by atoms with Gasteiger partial charge in [0.2, 0.25) is 0 Å². The molecule has 0 radical (unpaired) electrons. The number of fused-ring (bicyclic) bond motifs is 1. The second kappa shape index (κ2) is 6.08. The first-order valence-corrected chi connectivity index (χ1v) is 5.75. The van der Waals surface area contributed by atoms with Crippen LogP contribution in [0.2, 0.25) is 0 Å². The van der Waals surface area contributed by atoms with Gasteiger partial charge in [-0.25, -0.2) is 0 Å². The van der Waals surface area contributed by atoms with E-state index in [-0.39, 0.29) is 24.4 Å². The van der Waals surface area contributed by atoms with Gasteiger partial charge >= 0.3 is 0 Å². The molecule has 0 aromatic rings. The Balaban J connectivity index is 2.15. The van der Waals surface area contributed by atoms with Crippen LogP contribution in [0.1, 0.15) is 0 Å². The molecule has 17 heavy (non-hydrogen) atoms. The average Bonchev–Trinajstić information content (AvgIpc) is 2.60. The largest absolute Gasteiger partial charge is 0.376 e. The van der Waals surface area contributed by atoms with Gasteiger partial charge in [0.25, 0.3) is 0 Å². The first-order valence-electron chi connectivity index (χ1n) is 5.75. The van der Waals surface area contributed by atoms with Gasteiger partial charge in [-0.3, -0.25) is 0 Å². The zero-order chi connectivity index (χ0) is 12.3. The molecule has 5 unspecified atom stereocenters. The van der Waals surface area contributed by atoms with Crippen LogP contribution in [-0.4, -0.2) is 71.9 Å². The van der Waals surface area contributed by atoms with E-state index in [2.05, 4.69) is 0 Å². The first kappa shape index (κ1) is 13.2. The molecule has 2 heterocycles. The van der Waals surface area contributed by atoms with Crippen LogP contribution in [0.25, 0.3) is 0 Å². The van der Waals surface area contributed by atoms with Crippen molar-refractivity contribution >= 4 is 0 Å². The van der Waals surface area contributed by atoms with Gasteiger partial charge in [0.05, 0.1) is 19.8 Å². The maximum Gasteiger partial charge on any atom is 0.186 e. The maximum atomic E-state index is 5.78. The molecule has 0 saturated carbocycles. The molecule has 6 nitrogen and oxygen atoms in total. The summed E-state index contributed by atoms with van der Waals surface area (Å²) in [6, 6.07) is 0. The van der Waals surface area contributed by atoms with Crippen molar-refractivity contribution in [3.63, 3.8) is 0 Å². The van der Waals surface area contributed by atoms with Crippen molar-refractivity contribution < 1.29 is 28.4 Å². The summed E-state index contributed by atoms with van der Waals surface area (Å²) in [5.74, 6) is 0. The highest BCUT2D eigenvalue weighted by Gasteiger charge is 2.48. The number of hydrogen-bond donors (Lipinski definition) is 0. The van der Waals surface area contributed by atoms with Crippen LogP contribution < -0.4 is 0 Å². The van der Waals surface area contributed by atoms with Gasteiger partial charge in [0.15, 0.2) is 6.29 Å². The summed E-state index contributed by atoms with van der Waals surface area (Å²) in [6.45, 7) is 1.60. The van der Waals surface area contributed by atoms with E-state index in [4.69, 9.17) is 28.4 Å². The van der Waals surface area contributed by atoms with Crippen LogP contribution >= 0.6 is 0 Å². The highest BCUT2D eigenvalue weighted by atomic mass is 16.7. The van der Waals surface area contributed by atoms with E-state index in [1.165, 1.54) is 0 Å². The quantitative estimate of drug-likeness (QED) is 0.689. The van der Waals surface area contributed by atoms with Gasteiger partial charge in [0, 0.05) is 21.3 Å². The lowest BCUT2D eigenvalue weighted by molar-refractivity contribution is -0.304. The van der Waals surface area contributed by atoms with E-state index in [1.54, 1.807) is 21.3 Å². The molecule has 2 aliphatic heterocycles. The third-order valence-electron chi connectivity index (χ3n) is 3.19. The van der Waals surface area contributed by atoms with E-state index in [0.717, 1.165) is 0 Å². The van der Waals surface area contributed by atoms with Gasteiger partial charge in [-0.2, -0.15) is 0 Å². The van der Waals surface area contributed by atoms with Crippen molar-refractivity contribution in [2.24, 2.45) is 0 Å². The van der Waals surface area contributed by atoms with E-state index in [1.807, 2.05) is 0 Å². The third kappa shape index (κ3) is 2.62. The van der Waals surface area contributed by atoms with Crippen molar-refractivity contribution in [3.8, 4) is 0 Å². The fourth-order valence-corrected chi connectivity index (χ4v) is 2.36. The summed E-state index contributed by atoms with van der Waals surface area (Å²) >= 11 is 0. The van der Waals surface area contributed by atoms with Crippen LogP contribution in [0.3, 0.4) is 0 Å². The maximum absolute atomic E-state index is 5.78. The van der Waals surface area contributed by atoms with Gasteiger partial charge in [0.1, 0.15) is 24.4 Å². The van der Waals surface area contributed by atoms with Crippen molar-refractivity contribution in [1.29, 1.82) is 0 Å². The minimum Gasteiger partial charge on any atom is -0.376 e. The van der Waals surface area contributed by atoms with E-state index in [0.29, 0.717) is 19.8 Å². The second-order valence-electron chi connectivity index (χ2n) is 4.09. The van der Waals surface area contributed by atoms with Crippen molar-refractivity contribution in [2.45, 2.75) is 30.7 Å². The molecule has 2 rings (SSSR count). The number of ether oxygens (including phenoxy) is 6. The standard InChI is InChI=1S/C11H20O6/c1-12-9-8-7(6-15-4-5-16-8)17-11(14-3)10(9)13-2/h7-11H,4-6H2,1-3H3. The minimum atomic E-state index is -0.462. The predicted octanol–water partition coefficient (Wildman–Crippen LogP) is -0.197. The van der Waals surface area contributed by atoms with Gasteiger partial charge in [-0.05, 0) is 0 Å². The van der Waals surface area contributed by atoms with Crippen LogP contribution in [0, 0.1) is 0 Å². The van der Waals surface area contributed by atoms with Crippen molar-refractivity contribution in [2.75, 3.05) is 41.2 Å². The first-order chi connectivity index (χ1) is 8.31. The highest BCUT2D eigenvalue weighted by molar-refractivity contribution is 4.93. The molecule has 0 aliphatic carbocycles. The fraction of sp³-hybridized carbons (Fsp3) is 1.00. The molecule has 0 aromatic heterocycles. The molecular formula is C11H20O6. The lowest BCUT2D eigenvalue weighted by Gasteiger charge is -2.43. The molecule has 2 fully saturated rings. The van der Waals surface area contributed by atoms with Gasteiger partial charge in [-0.1, -0.05) is 0 Å². The summed E-state index contributed by atoms with van der Waals surface area (Å²) < 4.78 is 33.1. The zero-order valence-corrected chi connectivity index (χ0v) is 10.5. The Labute approximate surface area is 101 Å². The Morgan fingerprint density at radius 1 is 0.941 bits per heavy atom. The molecule has 0 amide bonds. The molecule has 6 heteroatoms. The summed E-state index contributed by atoms with van der Waals surface area (Å²) in [5, 5.41) is 0. The normalized spacial score (nSPS) is 42.9. The van der Waals surface area contributed by atoms with Crippen molar-refractivity contribution in [3.05, 3.63) is 0 Å². The molecule has 100 valence electrons. The number of hydrogen-bond acceptors (Lipinski definition) is 6. The Hall–Kier alpha value is -0.240. The molecule has 0 spiro atoms.